The summed E-state index contributed by atoms with van der Waals surface area (Å²) in [5, 5.41) is 38.0. The molecule has 1 heterocycles. The van der Waals surface area contributed by atoms with Crippen LogP contribution in [-0.2, 0) is 56.3 Å². The molecular formula is C57H77O8P2+. The van der Waals surface area contributed by atoms with Gasteiger partial charge in [0.15, 0.2) is 5.58 Å². The zero-order valence-corrected chi connectivity index (χ0v) is 45.2. The number of aromatic hydroxyl groups is 3. The third kappa shape index (κ3) is 12.1. The third-order valence-corrected chi connectivity index (χ3v) is 13.9. The molecule has 0 aliphatic heterocycles. The van der Waals surface area contributed by atoms with Crippen molar-refractivity contribution < 1.29 is 38.8 Å². The van der Waals surface area contributed by atoms with Crippen molar-refractivity contribution in [3.8, 4) is 17.2 Å². The molecule has 0 saturated carbocycles. The summed E-state index contributed by atoms with van der Waals surface area (Å²) in [6, 6.07) is 23.1. The van der Waals surface area contributed by atoms with Crippen LogP contribution in [0.25, 0.3) is 21.5 Å². The van der Waals surface area contributed by atoms with E-state index in [0.717, 1.165) is 77.5 Å². The predicted octanol–water partition coefficient (Wildman–Crippen LogP) is 15.2. The van der Waals surface area contributed by atoms with Crippen molar-refractivity contribution >= 4 is 37.7 Å². The fraction of sp³-hybridized carbons (Fsp3) is 0.474. The van der Waals surface area contributed by atoms with E-state index in [4.69, 9.17) is 18.9 Å². The fourth-order valence-electron chi connectivity index (χ4n) is 9.16. The molecular weight excluding hydrogens is 875 g/mol. The van der Waals surface area contributed by atoms with Crippen LogP contribution in [0.3, 0.4) is 0 Å². The molecule has 0 amide bonds. The molecule has 67 heavy (non-hydrogen) atoms. The Labute approximate surface area is 402 Å². The second-order valence-corrected chi connectivity index (χ2v) is 26.3. The number of phenolic OH excluding ortho intramolecular Hbond substituents is 3. The lowest BCUT2D eigenvalue weighted by atomic mass is 9.76. The van der Waals surface area contributed by atoms with E-state index in [9.17, 15) is 19.9 Å². The van der Waals surface area contributed by atoms with E-state index in [-0.39, 0.29) is 32.5 Å². The number of benzene rings is 5. The summed E-state index contributed by atoms with van der Waals surface area (Å²) >= 11 is 0. The topological polar surface area (TPSA) is 152 Å². The van der Waals surface area contributed by atoms with Crippen molar-refractivity contribution in [2.24, 2.45) is 0 Å². The van der Waals surface area contributed by atoms with Crippen LogP contribution < -0.4 is 0 Å². The fourth-order valence-corrected chi connectivity index (χ4v) is 10.4. The van der Waals surface area contributed by atoms with Gasteiger partial charge in [-0.15, -0.1) is 0 Å². The Hall–Kier alpha value is -4.29. The van der Waals surface area contributed by atoms with Crippen molar-refractivity contribution in [1.29, 1.82) is 0 Å². The molecule has 1 unspecified atom stereocenters. The quantitative estimate of drug-likeness (QED) is 0.0713. The molecule has 0 radical (unpaired) electrons. The van der Waals surface area contributed by atoms with Gasteiger partial charge in [0.2, 0.25) is 5.12 Å². The van der Waals surface area contributed by atoms with Crippen LogP contribution in [0.15, 0.2) is 70.9 Å². The molecule has 0 aliphatic rings. The van der Waals surface area contributed by atoms with Gasteiger partial charge in [-0.1, -0.05) is 179 Å². The van der Waals surface area contributed by atoms with Crippen molar-refractivity contribution in [3.63, 3.8) is 0 Å². The highest BCUT2D eigenvalue weighted by atomic mass is 31.2. The Morgan fingerprint density at radius 1 is 0.448 bits per heavy atom. The molecule has 6 N–H and O–H groups in total. The van der Waals surface area contributed by atoms with Crippen molar-refractivity contribution in [2.45, 2.75) is 176 Å². The smallest absolute Gasteiger partial charge is 0.507 e. The van der Waals surface area contributed by atoms with Crippen molar-refractivity contribution in [1.82, 2.24) is 0 Å². The van der Waals surface area contributed by atoms with Gasteiger partial charge in [-0.2, -0.15) is 0 Å². The zero-order valence-electron chi connectivity index (χ0n) is 43.4. The molecule has 1 aromatic heterocycles. The first kappa shape index (κ1) is 53.7. The minimum absolute atomic E-state index is 0.314. The minimum atomic E-state index is -2.62. The molecule has 0 bridgehead atoms. The maximum Gasteiger partial charge on any atom is 0.598 e. The Morgan fingerprint density at radius 3 is 1.07 bits per heavy atom. The van der Waals surface area contributed by atoms with Crippen LogP contribution in [0.2, 0.25) is 0 Å². The highest BCUT2D eigenvalue weighted by Gasteiger charge is 2.33. The second kappa shape index (κ2) is 18.9. The summed E-state index contributed by atoms with van der Waals surface area (Å²) < 4.78 is 21.2. The first-order valence-electron chi connectivity index (χ1n) is 23.3. The number of para-hydroxylation sites is 1. The Bertz CT molecular complexity index is 2760. The molecule has 1 atom stereocenters. The summed E-state index contributed by atoms with van der Waals surface area (Å²) in [5.74, 6) is 1.00. The number of hydrogen-bond acceptors (Lipinski definition) is 8. The summed E-state index contributed by atoms with van der Waals surface area (Å²) in [6.07, 6.45) is 1.53. The Morgan fingerprint density at radius 2 is 0.746 bits per heavy atom. The van der Waals surface area contributed by atoms with E-state index in [2.05, 4.69) is 173 Å². The van der Waals surface area contributed by atoms with Gasteiger partial charge < -0.3 is 30.0 Å². The predicted molar refractivity (Wildman–Crippen MR) is 280 cm³/mol. The summed E-state index contributed by atoms with van der Waals surface area (Å²) in [4.78, 5) is 21.7. The highest BCUT2D eigenvalue weighted by Crippen LogP contribution is 2.47. The number of fused-ring (bicyclic) bond motifs is 3. The lowest BCUT2D eigenvalue weighted by Crippen LogP contribution is -2.19. The van der Waals surface area contributed by atoms with Gasteiger partial charge in [-0.3, -0.25) is 0 Å². The van der Waals surface area contributed by atoms with Gasteiger partial charge in [0.1, 0.15) is 17.2 Å². The van der Waals surface area contributed by atoms with Crippen LogP contribution in [-0.4, -0.2) is 30.0 Å². The van der Waals surface area contributed by atoms with Crippen LogP contribution in [0, 0.1) is 0 Å². The minimum Gasteiger partial charge on any atom is -0.507 e. The van der Waals surface area contributed by atoms with E-state index >= 15 is 0 Å². The molecule has 10 heteroatoms. The third-order valence-electron chi connectivity index (χ3n) is 12.7. The number of rotatable bonds is 6. The van der Waals surface area contributed by atoms with Crippen molar-refractivity contribution in [3.05, 3.63) is 133 Å². The summed E-state index contributed by atoms with van der Waals surface area (Å²) in [7, 11) is -4.93. The van der Waals surface area contributed by atoms with E-state index in [0.29, 0.717) is 47.2 Å². The van der Waals surface area contributed by atoms with Gasteiger partial charge in [0, 0.05) is 22.8 Å². The standard InChI is InChI=1S/C57H73O5P.H3O3P/c1-52(2,3)41-26-33(27-42(48(41)58)53(4,5)6)23-36-32-40-37-21-19-20-22-47(37)62-63(61)51(40)39(25-35-30-45(56(13,14)15)50(60)46(31-35)57(16,17)18)38(36)24-34-28-43(54(7,8)9)49(59)44(29-34)55(10,11)12;1-4(2)3/h19-22,26-32H,23-25H2,1-18H3,(H2-,58,59,60);1-3H/p+1. The first-order valence-corrected chi connectivity index (χ1v) is 25.7. The molecule has 0 spiro atoms. The molecule has 8 nitrogen and oxygen atoms in total. The monoisotopic (exact) mass is 952 g/mol. The van der Waals surface area contributed by atoms with E-state index < -0.39 is 16.3 Å². The second-order valence-electron chi connectivity index (χ2n) is 24.7. The van der Waals surface area contributed by atoms with Crippen LogP contribution in [0.5, 0.6) is 17.2 Å². The van der Waals surface area contributed by atoms with Crippen LogP contribution in [0.1, 0.15) is 191 Å². The van der Waals surface area contributed by atoms with Gasteiger partial charge in [-0.25, -0.2) is 4.20 Å². The van der Waals surface area contributed by atoms with Gasteiger partial charge in [0.05, 0.1) is 0 Å². The molecule has 5 aromatic carbocycles. The average Bonchev–Trinajstić information content (AvgIpc) is 3.14. The van der Waals surface area contributed by atoms with E-state index in [1.165, 1.54) is 0 Å². The van der Waals surface area contributed by atoms with E-state index in [1.807, 2.05) is 18.2 Å². The normalized spacial score (nSPS) is 13.4. The van der Waals surface area contributed by atoms with Crippen LogP contribution in [0.4, 0.5) is 0 Å². The molecule has 6 aromatic rings. The Kier molecular flexibility index (Phi) is 15.1. The van der Waals surface area contributed by atoms with Gasteiger partial charge >= 0.3 is 16.3 Å². The maximum atomic E-state index is 14.8. The molecule has 6 rings (SSSR count). The SMILES string of the molecule is CC(C)(C)c1cc(Cc2cc3c4ccccc4o[p+](=O)c3c(Cc3cc(C(C)(C)C)c(O)c(C(C)(C)C)c3)c2Cc2cc(C(C)(C)C)c(O)c(C(C)(C)C)c2)cc(C(C)(C)C)c1O.OP(O)O. The van der Waals surface area contributed by atoms with Crippen molar-refractivity contribution in [2.75, 3.05) is 0 Å². The first-order chi connectivity index (χ1) is 30.4. The molecule has 362 valence electrons. The molecule has 0 fully saturated rings. The largest absolute Gasteiger partial charge is 0.598 e. The lowest BCUT2D eigenvalue weighted by Gasteiger charge is -2.29. The van der Waals surface area contributed by atoms with E-state index in [1.54, 1.807) is 0 Å². The number of hydrogen-bond donors (Lipinski definition) is 6. The number of phenols is 3. The molecule has 0 saturated heterocycles. The van der Waals surface area contributed by atoms with Gasteiger partial charge in [-0.05, 0) is 123 Å². The Balaban J connectivity index is 0.00000202. The molecule has 0 aliphatic carbocycles. The maximum absolute atomic E-state index is 14.8. The highest BCUT2D eigenvalue weighted by molar-refractivity contribution is 7.38. The van der Waals surface area contributed by atoms with Gasteiger partial charge in [0.25, 0.3) is 0 Å². The van der Waals surface area contributed by atoms with Crippen LogP contribution >= 0.6 is 16.3 Å². The summed E-state index contributed by atoms with van der Waals surface area (Å²) in [5.41, 5.74) is 10.3. The zero-order chi connectivity index (χ0) is 50.7. The average molecular weight is 952 g/mol. The lowest BCUT2D eigenvalue weighted by molar-refractivity contribution is 0.368. The summed E-state index contributed by atoms with van der Waals surface area (Å²) in [6.45, 7) is 38.5.